The first kappa shape index (κ1) is 13.9. The van der Waals surface area contributed by atoms with Crippen LogP contribution in [-0.4, -0.2) is 39.5 Å². The molecule has 1 atom stereocenters. The van der Waals surface area contributed by atoms with Crippen LogP contribution in [0.15, 0.2) is 0 Å². The summed E-state index contributed by atoms with van der Waals surface area (Å²) < 4.78 is 10.5. The van der Waals surface area contributed by atoms with Crippen LogP contribution < -0.4 is 5.32 Å². The van der Waals surface area contributed by atoms with E-state index in [0.717, 1.165) is 13.2 Å². The van der Waals surface area contributed by atoms with Crippen molar-refractivity contribution in [2.45, 2.75) is 33.7 Å². The maximum atomic E-state index is 5.53. The van der Waals surface area contributed by atoms with E-state index >= 15 is 0 Å². The predicted molar refractivity (Wildman–Crippen MR) is 59.6 cm³/mol. The summed E-state index contributed by atoms with van der Waals surface area (Å²) >= 11 is 0. The Kier molecular flexibility index (Phi) is 7.15. The second-order valence-corrected chi connectivity index (χ2v) is 4.54. The van der Waals surface area contributed by atoms with E-state index in [4.69, 9.17) is 9.47 Å². The van der Waals surface area contributed by atoms with Crippen molar-refractivity contribution in [2.75, 3.05) is 33.5 Å². The first-order chi connectivity index (χ1) is 6.52. The number of methoxy groups -OCH3 is 1. The summed E-state index contributed by atoms with van der Waals surface area (Å²) in [6, 6.07) is 0.407. The van der Waals surface area contributed by atoms with Gasteiger partial charge in [-0.15, -0.1) is 0 Å². The quantitative estimate of drug-likeness (QED) is 0.639. The summed E-state index contributed by atoms with van der Waals surface area (Å²) in [7, 11) is 1.69. The van der Waals surface area contributed by atoms with Crippen LogP contribution in [0.1, 0.15) is 27.7 Å². The minimum atomic E-state index is 0.239. The van der Waals surface area contributed by atoms with Gasteiger partial charge >= 0.3 is 0 Å². The van der Waals surface area contributed by atoms with E-state index in [1.807, 2.05) is 0 Å². The first-order valence-electron chi connectivity index (χ1n) is 5.32. The summed E-state index contributed by atoms with van der Waals surface area (Å²) in [5.41, 5.74) is 0.239. The van der Waals surface area contributed by atoms with Crippen molar-refractivity contribution in [1.29, 1.82) is 0 Å². The van der Waals surface area contributed by atoms with Crippen LogP contribution in [0.5, 0.6) is 0 Å². The molecule has 0 bridgehead atoms. The SMILES string of the molecule is CCNC(COCCOC)C(C)(C)C. The van der Waals surface area contributed by atoms with Gasteiger partial charge in [-0.25, -0.2) is 0 Å². The molecule has 0 rings (SSSR count). The number of hydrogen-bond donors (Lipinski definition) is 1. The average Bonchev–Trinajstić information content (AvgIpc) is 2.08. The number of rotatable bonds is 7. The summed E-state index contributed by atoms with van der Waals surface area (Å²) in [5, 5.41) is 3.43. The fourth-order valence-corrected chi connectivity index (χ4v) is 1.20. The molecule has 3 nitrogen and oxygen atoms in total. The minimum absolute atomic E-state index is 0.239. The molecule has 0 aromatic carbocycles. The van der Waals surface area contributed by atoms with Gasteiger partial charge in [-0.3, -0.25) is 0 Å². The Bertz CT molecular complexity index is 132. The van der Waals surface area contributed by atoms with Gasteiger partial charge in [0.05, 0.1) is 19.8 Å². The Morgan fingerprint density at radius 3 is 2.29 bits per heavy atom. The molecule has 86 valence electrons. The molecule has 0 radical (unpaired) electrons. The summed E-state index contributed by atoms with van der Waals surface area (Å²) in [5.74, 6) is 0. The largest absolute Gasteiger partial charge is 0.382 e. The maximum absolute atomic E-state index is 5.53. The first-order valence-corrected chi connectivity index (χ1v) is 5.32. The maximum Gasteiger partial charge on any atom is 0.0701 e. The van der Waals surface area contributed by atoms with Gasteiger partial charge in [0.1, 0.15) is 0 Å². The molecule has 14 heavy (non-hydrogen) atoms. The highest BCUT2D eigenvalue weighted by atomic mass is 16.5. The summed E-state index contributed by atoms with van der Waals surface area (Å²) in [6.07, 6.45) is 0. The molecule has 0 aliphatic carbocycles. The molecule has 0 heterocycles. The summed E-state index contributed by atoms with van der Waals surface area (Å²) in [6.45, 7) is 11.9. The normalized spacial score (nSPS) is 14.4. The molecule has 0 saturated carbocycles. The second-order valence-electron chi connectivity index (χ2n) is 4.54. The highest BCUT2D eigenvalue weighted by Gasteiger charge is 2.23. The van der Waals surface area contributed by atoms with Gasteiger partial charge in [0.25, 0.3) is 0 Å². The van der Waals surface area contributed by atoms with E-state index in [0.29, 0.717) is 19.3 Å². The van der Waals surface area contributed by atoms with Gasteiger partial charge < -0.3 is 14.8 Å². The van der Waals surface area contributed by atoms with Crippen molar-refractivity contribution in [1.82, 2.24) is 5.32 Å². The molecule has 0 aliphatic heterocycles. The molecular weight excluding hydrogens is 178 g/mol. The lowest BCUT2D eigenvalue weighted by Crippen LogP contribution is -2.43. The standard InChI is InChI=1S/C11H25NO2/c1-6-12-10(11(2,3)4)9-14-8-7-13-5/h10,12H,6-9H2,1-5H3. The Morgan fingerprint density at radius 1 is 1.21 bits per heavy atom. The van der Waals surface area contributed by atoms with E-state index in [-0.39, 0.29) is 5.41 Å². The van der Waals surface area contributed by atoms with E-state index < -0.39 is 0 Å². The zero-order valence-electron chi connectivity index (χ0n) is 10.2. The third kappa shape index (κ3) is 6.35. The fourth-order valence-electron chi connectivity index (χ4n) is 1.20. The van der Waals surface area contributed by atoms with Crippen LogP contribution >= 0.6 is 0 Å². The van der Waals surface area contributed by atoms with Crippen molar-refractivity contribution in [3.63, 3.8) is 0 Å². The number of likely N-dealkylation sites (N-methyl/N-ethyl adjacent to an activating group) is 1. The molecule has 0 aromatic rings. The van der Waals surface area contributed by atoms with Gasteiger partial charge in [0, 0.05) is 13.2 Å². The number of hydrogen-bond acceptors (Lipinski definition) is 3. The van der Waals surface area contributed by atoms with Crippen LogP contribution in [0.4, 0.5) is 0 Å². The molecule has 3 heteroatoms. The van der Waals surface area contributed by atoms with Gasteiger partial charge in [-0.1, -0.05) is 27.7 Å². The highest BCUT2D eigenvalue weighted by molar-refractivity contribution is 4.79. The lowest BCUT2D eigenvalue weighted by Gasteiger charge is -2.31. The molecule has 0 fully saturated rings. The molecule has 1 N–H and O–H groups in total. The van der Waals surface area contributed by atoms with Gasteiger partial charge in [-0.05, 0) is 12.0 Å². The van der Waals surface area contributed by atoms with Gasteiger partial charge in [0.15, 0.2) is 0 Å². The van der Waals surface area contributed by atoms with Crippen molar-refractivity contribution in [3.8, 4) is 0 Å². The fraction of sp³-hybridized carbons (Fsp3) is 1.00. The lowest BCUT2D eigenvalue weighted by atomic mass is 9.87. The highest BCUT2D eigenvalue weighted by Crippen LogP contribution is 2.19. The molecule has 0 saturated heterocycles. The Labute approximate surface area is 88.2 Å². The minimum Gasteiger partial charge on any atom is -0.382 e. The van der Waals surface area contributed by atoms with Crippen molar-refractivity contribution >= 4 is 0 Å². The average molecular weight is 203 g/mol. The van der Waals surface area contributed by atoms with Crippen molar-refractivity contribution < 1.29 is 9.47 Å². The molecule has 0 aliphatic rings. The van der Waals surface area contributed by atoms with Crippen LogP contribution in [0.2, 0.25) is 0 Å². The predicted octanol–water partition coefficient (Wildman–Crippen LogP) is 1.67. The molecular formula is C11H25NO2. The van der Waals surface area contributed by atoms with Crippen LogP contribution in [0.3, 0.4) is 0 Å². The second kappa shape index (κ2) is 7.21. The summed E-state index contributed by atoms with van der Waals surface area (Å²) in [4.78, 5) is 0. The lowest BCUT2D eigenvalue weighted by molar-refractivity contribution is 0.0397. The molecule has 0 amide bonds. The molecule has 1 unspecified atom stereocenters. The molecule has 0 spiro atoms. The van der Waals surface area contributed by atoms with Crippen LogP contribution in [0, 0.1) is 5.41 Å². The van der Waals surface area contributed by atoms with Crippen LogP contribution in [-0.2, 0) is 9.47 Å². The van der Waals surface area contributed by atoms with Crippen molar-refractivity contribution in [2.24, 2.45) is 5.41 Å². The third-order valence-electron chi connectivity index (χ3n) is 2.21. The topological polar surface area (TPSA) is 30.5 Å². The Hall–Kier alpha value is -0.120. The third-order valence-corrected chi connectivity index (χ3v) is 2.21. The van der Waals surface area contributed by atoms with E-state index in [2.05, 4.69) is 33.0 Å². The van der Waals surface area contributed by atoms with Gasteiger partial charge in [0.2, 0.25) is 0 Å². The zero-order chi connectivity index (χ0) is 11.0. The zero-order valence-corrected chi connectivity index (χ0v) is 10.2. The van der Waals surface area contributed by atoms with E-state index in [1.165, 1.54) is 0 Å². The van der Waals surface area contributed by atoms with E-state index in [9.17, 15) is 0 Å². The smallest absolute Gasteiger partial charge is 0.0701 e. The van der Waals surface area contributed by atoms with Crippen molar-refractivity contribution in [3.05, 3.63) is 0 Å². The van der Waals surface area contributed by atoms with E-state index in [1.54, 1.807) is 7.11 Å². The van der Waals surface area contributed by atoms with Crippen LogP contribution in [0.25, 0.3) is 0 Å². The molecule has 0 aromatic heterocycles. The Balaban J connectivity index is 3.74. The number of ether oxygens (including phenoxy) is 2. The monoisotopic (exact) mass is 203 g/mol. The number of nitrogens with one attached hydrogen (secondary N) is 1. The Morgan fingerprint density at radius 2 is 1.86 bits per heavy atom. The van der Waals surface area contributed by atoms with Gasteiger partial charge in [-0.2, -0.15) is 0 Å².